The average Bonchev–Trinajstić information content (AvgIpc) is 3.45. The number of thiazole rings is 1. The van der Waals surface area contributed by atoms with Crippen molar-refractivity contribution in [2.75, 3.05) is 10.6 Å². The van der Waals surface area contributed by atoms with Crippen LogP contribution in [0.5, 0.6) is 0 Å². The van der Waals surface area contributed by atoms with Gasteiger partial charge in [0.1, 0.15) is 16.6 Å². The number of hydrogen-bond acceptors (Lipinski definition) is 5. The van der Waals surface area contributed by atoms with E-state index in [9.17, 15) is 9.59 Å². The molecule has 0 atom stereocenters. The summed E-state index contributed by atoms with van der Waals surface area (Å²) in [6, 6.07) is 12.6. The molecule has 32 heavy (non-hydrogen) atoms. The Balaban J connectivity index is 1.44. The summed E-state index contributed by atoms with van der Waals surface area (Å²) in [4.78, 5) is 33.0. The van der Waals surface area contributed by atoms with Crippen LogP contribution in [-0.2, 0) is 6.54 Å². The van der Waals surface area contributed by atoms with Crippen LogP contribution in [0.15, 0.2) is 66.3 Å². The Morgan fingerprint density at radius 2 is 1.84 bits per heavy atom. The number of benzene rings is 2. The van der Waals surface area contributed by atoms with Crippen molar-refractivity contribution >= 4 is 34.8 Å². The van der Waals surface area contributed by atoms with Crippen LogP contribution in [0.3, 0.4) is 0 Å². The lowest BCUT2D eigenvalue weighted by Crippen LogP contribution is -2.20. The normalized spacial score (nSPS) is 12.2. The summed E-state index contributed by atoms with van der Waals surface area (Å²) >= 11 is 1.44. The van der Waals surface area contributed by atoms with Gasteiger partial charge in [-0.25, -0.2) is 19.2 Å². The first-order chi connectivity index (χ1) is 15.6. The van der Waals surface area contributed by atoms with Crippen LogP contribution in [0.4, 0.5) is 20.7 Å². The molecule has 0 unspecified atom stereocenters. The molecular weight excluding hydrogens is 429 g/mol. The molecule has 2 aromatic carbocycles. The van der Waals surface area contributed by atoms with Crippen LogP contribution in [0.1, 0.15) is 15.9 Å². The lowest BCUT2D eigenvalue weighted by atomic mass is 9.93. The number of amides is 3. The molecule has 7 nitrogen and oxygen atoms in total. The lowest BCUT2D eigenvalue weighted by Gasteiger charge is -2.13. The molecule has 2 aromatic heterocycles. The minimum absolute atomic E-state index is 0.197. The van der Waals surface area contributed by atoms with Crippen molar-refractivity contribution < 1.29 is 14.0 Å². The molecule has 0 saturated heterocycles. The van der Waals surface area contributed by atoms with Crippen LogP contribution in [0, 0.1) is 5.82 Å². The number of anilines is 2. The van der Waals surface area contributed by atoms with E-state index >= 15 is 4.39 Å². The number of rotatable bonds is 4. The SMILES string of the molecule is O=C(Nc1ccc(-c2ccc(-c3nccs3)c3c2CNC3=O)c(F)c1)Nc1ccccn1. The summed E-state index contributed by atoms with van der Waals surface area (Å²) in [5.74, 6) is -0.323. The maximum atomic E-state index is 15.1. The van der Waals surface area contributed by atoms with Crippen molar-refractivity contribution in [3.63, 3.8) is 0 Å². The molecule has 1 aliphatic heterocycles. The van der Waals surface area contributed by atoms with E-state index in [4.69, 9.17) is 0 Å². The van der Waals surface area contributed by atoms with E-state index in [1.165, 1.54) is 17.4 Å². The van der Waals surface area contributed by atoms with Crippen molar-refractivity contribution in [2.24, 2.45) is 0 Å². The smallest absolute Gasteiger partial charge is 0.324 e. The first-order valence-electron chi connectivity index (χ1n) is 9.73. The summed E-state index contributed by atoms with van der Waals surface area (Å²) in [6.07, 6.45) is 3.24. The predicted molar refractivity (Wildman–Crippen MR) is 121 cm³/mol. The highest BCUT2D eigenvalue weighted by Crippen LogP contribution is 2.38. The van der Waals surface area contributed by atoms with Gasteiger partial charge in [-0.15, -0.1) is 11.3 Å². The number of hydrogen-bond donors (Lipinski definition) is 3. The number of pyridine rings is 1. The molecule has 158 valence electrons. The van der Waals surface area contributed by atoms with Gasteiger partial charge in [-0.1, -0.05) is 18.2 Å². The second-order valence-electron chi connectivity index (χ2n) is 7.02. The second-order valence-corrected chi connectivity index (χ2v) is 7.92. The number of halogens is 1. The lowest BCUT2D eigenvalue weighted by molar-refractivity contribution is 0.0966. The minimum atomic E-state index is -0.528. The van der Waals surface area contributed by atoms with Crippen LogP contribution in [-0.4, -0.2) is 21.9 Å². The molecule has 5 rings (SSSR count). The van der Waals surface area contributed by atoms with Crippen LogP contribution in [0.2, 0.25) is 0 Å². The number of urea groups is 1. The number of nitrogens with one attached hydrogen (secondary N) is 3. The molecule has 0 saturated carbocycles. The summed E-state index contributed by atoms with van der Waals surface area (Å²) in [6.45, 7) is 0.314. The number of nitrogens with zero attached hydrogens (tertiary/aromatic N) is 2. The number of carbonyl (C=O) groups is 2. The second kappa shape index (κ2) is 8.20. The first kappa shape index (κ1) is 19.8. The molecule has 0 radical (unpaired) electrons. The average molecular weight is 445 g/mol. The molecule has 9 heteroatoms. The standard InChI is InChI=1S/C23H16FN5O2S/c24-18-11-13(28-23(31)29-19-3-1-2-8-25-19)4-5-15(18)14-6-7-16(22-26-9-10-32-22)20-17(14)12-27-21(20)30/h1-11H,12H2,(H,27,30)(H2,25,28,29,31). The van der Waals surface area contributed by atoms with E-state index in [0.29, 0.717) is 34.7 Å². The third-order valence-corrected chi connectivity index (χ3v) is 5.86. The fraction of sp³-hybridized carbons (Fsp3) is 0.0435. The zero-order valence-corrected chi connectivity index (χ0v) is 17.4. The molecule has 0 bridgehead atoms. The number of fused-ring (bicyclic) bond motifs is 1. The quantitative estimate of drug-likeness (QED) is 0.416. The first-order valence-corrected chi connectivity index (χ1v) is 10.6. The van der Waals surface area contributed by atoms with Crippen LogP contribution >= 0.6 is 11.3 Å². The maximum Gasteiger partial charge on any atom is 0.324 e. The van der Waals surface area contributed by atoms with Gasteiger partial charge in [0.05, 0.1) is 5.56 Å². The zero-order chi connectivity index (χ0) is 22.1. The van der Waals surface area contributed by atoms with Crippen LogP contribution < -0.4 is 16.0 Å². The molecule has 3 heterocycles. The summed E-state index contributed by atoms with van der Waals surface area (Å²) < 4.78 is 15.1. The Morgan fingerprint density at radius 3 is 2.59 bits per heavy atom. The Kier molecular flexibility index (Phi) is 5.08. The van der Waals surface area contributed by atoms with E-state index in [1.54, 1.807) is 54.9 Å². The van der Waals surface area contributed by atoms with Gasteiger partial charge in [-0.05, 0) is 41.5 Å². The largest absolute Gasteiger partial charge is 0.348 e. The topological polar surface area (TPSA) is 96.0 Å². The minimum Gasteiger partial charge on any atom is -0.348 e. The van der Waals surface area contributed by atoms with E-state index < -0.39 is 11.8 Å². The Morgan fingerprint density at radius 1 is 1.00 bits per heavy atom. The van der Waals surface area contributed by atoms with Gasteiger partial charge in [0.2, 0.25) is 0 Å². The zero-order valence-electron chi connectivity index (χ0n) is 16.6. The summed E-state index contributed by atoms with van der Waals surface area (Å²) in [7, 11) is 0. The van der Waals surface area contributed by atoms with Crippen molar-refractivity contribution in [3.05, 3.63) is 83.2 Å². The summed E-state index contributed by atoms with van der Waals surface area (Å²) in [5.41, 5.74) is 3.26. The number of carbonyl (C=O) groups excluding carboxylic acids is 2. The fourth-order valence-electron chi connectivity index (χ4n) is 3.66. The monoisotopic (exact) mass is 445 g/mol. The molecule has 3 N–H and O–H groups in total. The van der Waals surface area contributed by atoms with Crippen molar-refractivity contribution in [1.82, 2.24) is 15.3 Å². The van der Waals surface area contributed by atoms with Crippen molar-refractivity contribution in [3.8, 4) is 21.7 Å². The van der Waals surface area contributed by atoms with Gasteiger partial charge in [0.15, 0.2) is 0 Å². The van der Waals surface area contributed by atoms with Crippen LogP contribution in [0.25, 0.3) is 21.7 Å². The Hall–Kier alpha value is -4.11. The van der Waals surface area contributed by atoms with Crippen molar-refractivity contribution in [1.29, 1.82) is 0 Å². The van der Waals surface area contributed by atoms with Gasteiger partial charge in [-0.2, -0.15) is 0 Å². The fourth-order valence-corrected chi connectivity index (χ4v) is 4.33. The van der Waals surface area contributed by atoms with E-state index in [-0.39, 0.29) is 5.91 Å². The molecule has 0 fully saturated rings. The van der Waals surface area contributed by atoms with E-state index in [2.05, 4.69) is 25.9 Å². The highest BCUT2D eigenvalue weighted by Gasteiger charge is 2.28. The molecular formula is C23H16FN5O2S. The van der Waals surface area contributed by atoms with Gasteiger partial charge >= 0.3 is 6.03 Å². The van der Waals surface area contributed by atoms with Gasteiger partial charge in [0.25, 0.3) is 5.91 Å². The molecule has 0 spiro atoms. The molecule has 3 amide bonds. The van der Waals surface area contributed by atoms with Gasteiger partial charge in [0, 0.05) is 41.1 Å². The third kappa shape index (κ3) is 3.69. The molecule has 0 aliphatic carbocycles. The molecule has 1 aliphatic rings. The maximum absolute atomic E-state index is 15.1. The number of aromatic nitrogens is 2. The van der Waals surface area contributed by atoms with E-state index in [1.807, 2.05) is 5.38 Å². The highest BCUT2D eigenvalue weighted by molar-refractivity contribution is 7.13. The van der Waals surface area contributed by atoms with E-state index in [0.717, 1.165) is 16.1 Å². The Labute approximate surface area is 186 Å². The summed E-state index contributed by atoms with van der Waals surface area (Å²) in [5, 5.41) is 10.6. The highest BCUT2D eigenvalue weighted by atomic mass is 32.1. The molecule has 4 aromatic rings. The predicted octanol–water partition coefficient (Wildman–Crippen LogP) is 4.90. The van der Waals surface area contributed by atoms with Gasteiger partial charge < -0.3 is 10.6 Å². The van der Waals surface area contributed by atoms with Crippen molar-refractivity contribution in [2.45, 2.75) is 6.54 Å². The Bertz CT molecular complexity index is 1330. The van der Waals surface area contributed by atoms with Gasteiger partial charge in [-0.3, -0.25) is 10.1 Å². The third-order valence-electron chi connectivity index (χ3n) is 5.05.